The van der Waals surface area contributed by atoms with Crippen LogP contribution in [0.25, 0.3) is 11.0 Å². The van der Waals surface area contributed by atoms with E-state index < -0.39 is 0 Å². The smallest absolute Gasteiger partial charge is 0.111 e. The Morgan fingerprint density at radius 2 is 2.10 bits per heavy atom. The van der Waals surface area contributed by atoms with Gasteiger partial charge >= 0.3 is 0 Å². The number of benzene rings is 1. The predicted octanol–water partition coefficient (Wildman–Crippen LogP) is 3.85. The summed E-state index contributed by atoms with van der Waals surface area (Å²) in [6.45, 7) is 3.70. The Labute approximate surface area is 138 Å². The normalized spacial score (nSPS) is 28.4. The molecule has 2 bridgehead atoms. The average molecular weight is 369 g/mol. The molecular formula is C16H19BrClN3. The Balaban J connectivity index is 1.85. The molecule has 3 saturated heterocycles. The fourth-order valence-corrected chi connectivity index (χ4v) is 4.49. The van der Waals surface area contributed by atoms with Crippen molar-refractivity contribution in [1.29, 1.82) is 0 Å². The SMILES string of the molecule is ClCCc1nc2ccc(Br)cc2n1C1CN2CCC1CC2. The molecule has 1 aromatic heterocycles. The van der Waals surface area contributed by atoms with Crippen LogP contribution >= 0.6 is 27.5 Å². The van der Waals surface area contributed by atoms with Crippen molar-refractivity contribution in [3.8, 4) is 0 Å². The molecule has 0 saturated carbocycles. The van der Waals surface area contributed by atoms with E-state index in [4.69, 9.17) is 16.6 Å². The van der Waals surface area contributed by atoms with Crippen LogP contribution in [-0.2, 0) is 6.42 Å². The lowest BCUT2D eigenvalue weighted by Crippen LogP contribution is -2.48. The van der Waals surface area contributed by atoms with Crippen LogP contribution in [0.1, 0.15) is 24.7 Å². The van der Waals surface area contributed by atoms with E-state index in [2.05, 4.69) is 43.6 Å². The number of imidazole rings is 1. The van der Waals surface area contributed by atoms with E-state index in [1.165, 1.54) is 31.4 Å². The fourth-order valence-electron chi connectivity index (χ4n) is 3.97. The van der Waals surface area contributed by atoms with Crippen LogP contribution < -0.4 is 0 Å². The molecule has 112 valence electrons. The maximum Gasteiger partial charge on any atom is 0.111 e. The molecule has 0 N–H and O–H groups in total. The third-order valence-electron chi connectivity index (χ3n) is 5.00. The minimum atomic E-state index is 0.560. The first-order valence-electron chi connectivity index (χ1n) is 7.71. The van der Waals surface area contributed by atoms with E-state index in [9.17, 15) is 0 Å². The lowest BCUT2D eigenvalue weighted by molar-refractivity contribution is 0.0576. The molecule has 0 aliphatic carbocycles. The van der Waals surface area contributed by atoms with Crippen molar-refractivity contribution in [3.63, 3.8) is 0 Å². The average Bonchev–Trinajstić information content (AvgIpc) is 2.86. The van der Waals surface area contributed by atoms with E-state index in [1.807, 2.05) is 0 Å². The van der Waals surface area contributed by atoms with Crippen molar-refractivity contribution in [3.05, 3.63) is 28.5 Å². The van der Waals surface area contributed by atoms with Gasteiger partial charge in [0.1, 0.15) is 5.82 Å². The molecule has 0 amide bonds. The monoisotopic (exact) mass is 367 g/mol. The Morgan fingerprint density at radius 3 is 2.76 bits per heavy atom. The lowest BCUT2D eigenvalue weighted by atomic mass is 9.83. The number of halogens is 2. The number of aryl methyl sites for hydroxylation is 1. The van der Waals surface area contributed by atoms with Gasteiger partial charge in [-0.15, -0.1) is 11.6 Å². The highest BCUT2D eigenvalue weighted by Gasteiger charge is 2.36. The van der Waals surface area contributed by atoms with Gasteiger partial charge in [-0.1, -0.05) is 15.9 Å². The molecular weight excluding hydrogens is 350 g/mol. The van der Waals surface area contributed by atoms with Gasteiger partial charge in [-0.3, -0.25) is 0 Å². The van der Waals surface area contributed by atoms with Gasteiger partial charge in [0.2, 0.25) is 0 Å². The van der Waals surface area contributed by atoms with Gasteiger partial charge < -0.3 is 9.47 Å². The zero-order valence-electron chi connectivity index (χ0n) is 11.9. The van der Waals surface area contributed by atoms with E-state index in [-0.39, 0.29) is 0 Å². The maximum atomic E-state index is 6.01. The molecule has 0 radical (unpaired) electrons. The molecule has 5 rings (SSSR count). The molecule has 0 spiro atoms. The summed E-state index contributed by atoms with van der Waals surface area (Å²) in [7, 11) is 0. The van der Waals surface area contributed by atoms with Crippen LogP contribution in [0.5, 0.6) is 0 Å². The second-order valence-electron chi connectivity index (χ2n) is 6.18. The second-order valence-corrected chi connectivity index (χ2v) is 7.47. The van der Waals surface area contributed by atoms with Crippen molar-refractivity contribution in [2.24, 2.45) is 5.92 Å². The summed E-state index contributed by atoms with van der Waals surface area (Å²) in [6.07, 6.45) is 3.48. The number of aromatic nitrogens is 2. The lowest BCUT2D eigenvalue weighted by Gasteiger charge is -2.45. The first-order valence-corrected chi connectivity index (χ1v) is 9.03. The predicted molar refractivity (Wildman–Crippen MR) is 90.1 cm³/mol. The standard InChI is InChI=1S/C16H19BrClN3/c17-12-1-2-13-14(9-12)21(16(19-13)3-6-18)15-10-20-7-4-11(15)5-8-20/h1-2,9,11,15H,3-8,10H2. The summed E-state index contributed by atoms with van der Waals surface area (Å²) >= 11 is 9.61. The highest BCUT2D eigenvalue weighted by molar-refractivity contribution is 9.10. The largest absolute Gasteiger partial charge is 0.323 e. The number of rotatable bonds is 3. The minimum Gasteiger partial charge on any atom is -0.323 e. The molecule has 2 aromatic rings. The molecule has 3 nitrogen and oxygen atoms in total. The van der Waals surface area contributed by atoms with Crippen LogP contribution in [0, 0.1) is 5.92 Å². The third-order valence-corrected chi connectivity index (χ3v) is 5.68. The number of fused-ring (bicyclic) bond motifs is 4. The molecule has 1 aromatic carbocycles. The zero-order valence-corrected chi connectivity index (χ0v) is 14.3. The number of hydrogen-bond donors (Lipinski definition) is 0. The van der Waals surface area contributed by atoms with Crippen LogP contribution in [0.3, 0.4) is 0 Å². The van der Waals surface area contributed by atoms with Gasteiger partial charge in [0.05, 0.1) is 17.1 Å². The number of nitrogens with zero attached hydrogens (tertiary/aromatic N) is 3. The number of hydrogen-bond acceptors (Lipinski definition) is 2. The van der Waals surface area contributed by atoms with Gasteiger partial charge in [0.15, 0.2) is 0 Å². The molecule has 4 heterocycles. The third kappa shape index (κ3) is 2.41. The van der Waals surface area contributed by atoms with Crippen LogP contribution in [0.4, 0.5) is 0 Å². The topological polar surface area (TPSA) is 21.1 Å². The maximum absolute atomic E-state index is 6.01. The number of alkyl halides is 1. The quantitative estimate of drug-likeness (QED) is 0.767. The summed E-state index contributed by atoms with van der Waals surface area (Å²) in [5.41, 5.74) is 2.35. The molecule has 3 fully saturated rings. The summed E-state index contributed by atoms with van der Waals surface area (Å²) in [6, 6.07) is 6.94. The second kappa shape index (κ2) is 5.56. The summed E-state index contributed by atoms with van der Waals surface area (Å²) in [4.78, 5) is 7.44. The zero-order chi connectivity index (χ0) is 14.4. The van der Waals surface area contributed by atoms with Crippen molar-refractivity contribution < 1.29 is 0 Å². The number of piperidine rings is 3. The van der Waals surface area contributed by atoms with Crippen LogP contribution in [0.15, 0.2) is 22.7 Å². The van der Waals surface area contributed by atoms with E-state index in [0.29, 0.717) is 11.9 Å². The summed E-state index contributed by atoms with van der Waals surface area (Å²) in [5, 5.41) is 0. The van der Waals surface area contributed by atoms with Gasteiger partial charge in [-0.25, -0.2) is 4.98 Å². The highest BCUT2D eigenvalue weighted by Crippen LogP contribution is 2.38. The van der Waals surface area contributed by atoms with Crippen molar-refractivity contribution >= 4 is 38.6 Å². The van der Waals surface area contributed by atoms with E-state index in [1.54, 1.807) is 0 Å². The molecule has 21 heavy (non-hydrogen) atoms. The molecule has 5 heteroatoms. The van der Waals surface area contributed by atoms with Gasteiger partial charge in [0.25, 0.3) is 0 Å². The van der Waals surface area contributed by atoms with Gasteiger partial charge in [-0.2, -0.15) is 0 Å². The van der Waals surface area contributed by atoms with E-state index >= 15 is 0 Å². The summed E-state index contributed by atoms with van der Waals surface area (Å²) in [5.74, 6) is 2.57. The van der Waals surface area contributed by atoms with Crippen molar-refractivity contribution in [1.82, 2.24) is 14.5 Å². The summed E-state index contributed by atoms with van der Waals surface area (Å²) < 4.78 is 3.60. The molecule has 1 atom stereocenters. The molecule has 3 aliphatic heterocycles. The van der Waals surface area contributed by atoms with Crippen molar-refractivity contribution in [2.45, 2.75) is 25.3 Å². The van der Waals surface area contributed by atoms with Crippen LogP contribution in [0.2, 0.25) is 0 Å². The molecule has 3 aliphatic rings. The van der Waals surface area contributed by atoms with E-state index in [0.717, 1.165) is 34.7 Å². The Bertz CT molecular complexity index is 661. The Kier molecular flexibility index (Phi) is 3.72. The fraction of sp³-hybridized carbons (Fsp3) is 0.562. The first-order chi connectivity index (χ1) is 10.3. The first kappa shape index (κ1) is 14.0. The van der Waals surface area contributed by atoms with Crippen molar-refractivity contribution in [2.75, 3.05) is 25.5 Å². The van der Waals surface area contributed by atoms with Gasteiger partial charge in [0, 0.05) is 23.3 Å². The molecule has 1 unspecified atom stereocenters. The van der Waals surface area contributed by atoms with Crippen LogP contribution in [-0.4, -0.2) is 40.0 Å². The minimum absolute atomic E-state index is 0.560. The Hall–Kier alpha value is -0.580. The highest BCUT2D eigenvalue weighted by atomic mass is 79.9. The Morgan fingerprint density at radius 1 is 1.29 bits per heavy atom. The van der Waals surface area contributed by atoms with Gasteiger partial charge in [-0.05, 0) is 50.0 Å².